The summed E-state index contributed by atoms with van der Waals surface area (Å²) in [5.74, 6) is 0.105. The van der Waals surface area contributed by atoms with Gasteiger partial charge in [-0.15, -0.1) is 4.83 Å². The number of amides is 1. The first-order valence-electron chi connectivity index (χ1n) is 6.85. The van der Waals surface area contributed by atoms with Gasteiger partial charge in [-0.05, 0) is 30.3 Å². The molecule has 0 aliphatic rings. The summed E-state index contributed by atoms with van der Waals surface area (Å²) in [4.78, 5) is 13.6. The molecular weight excluding hydrogens is 391 g/mol. The van der Waals surface area contributed by atoms with E-state index < -0.39 is 22.5 Å². The van der Waals surface area contributed by atoms with E-state index >= 15 is 0 Å². The van der Waals surface area contributed by atoms with Gasteiger partial charge in [0.15, 0.2) is 18.1 Å². The summed E-state index contributed by atoms with van der Waals surface area (Å²) in [7, 11) is -2.53. The minimum absolute atomic E-state index is 0.0791. The lowest BCUT2D eigenvalue weighted by Gasteiger charge is -2.11. The fourth-order valence-corrected chi connectivity index (χ4v) is 2.99. The molecule has 0 aliphatic carbocycles. The van der Waals surface area contributed by atoms with Crippen molar-refractivity contribution in [3.63, 3.8) is 0 Å². The van der Waals surface area contributed by atoms with Crippen molar-refractivity contribution in [3.05, 3.63) is 52.5 Å². The number of methoxy groups -OCH3 is 1. The van der Waals surface area contributed by atoms with Crippen molar-refractivity contribution >= 4 is 39.1 Å². The van der Waals surface area contributed by atoms with Crippen molar-refractivity contribution in [3.8, 4) is 11.5 Å². The van der Waals surface area contributed by atoms with Gasteiger partial charge in [-0.25, -0.2) is 8.42 Å². The first kappa shape index (κ1) is 19.3. The van der Waals surface area contributed by atoms with Gasteiger partial charge in [-0.1, -0.05) is 35.3 Å². The summed E-state index contributed by atoms with van der Waals surface area (Å²) < 4.78 is 34.5. The van der Waals surface area contributed by atoms with Crippen LogP contribution >= 0.6 is 23.2 Å². The Hall–Kier alpha value is -2.00. The highest BCUT2D eigenvalue weighted by atomic mass is 35.5. The molecule has 2 rings (SSSR count). The molecule has 2 N–H and O–H groups in total. The van der Waals surface area contributed by atoms with Crippen LogP contribution in [0, 0.1) is 0 Å². The topological polar surface area (TPSA) is 93.7 Å². The number of sulfonamides is 1. The number of rotatable bonds is 7. The van der Waals surface area contributed by atoms with Gasteiger partial charge in [0, 0.05) is 0 Å². The van der Waals surface area contributed by atoms with E-state index in [4.69, 9.17) is 32.7 Å². The summed E-state index contributed by atoms with van der Waals surface area (Å²) >= 11 is 11.5. The van der Waals surface area contributed by atoms with Crippen LogP contribution in [0.15, 0.2) is 47.4 Å². The number of nitrogens with one attached hydrogen (secondary N) is 2. The summed E-state index contributed by atoms with van der Waals surface area (Å²) in [5, 5.41) is 0.297. The van der Waals surface area contributed by atoms with E-state index in [1.54, 1.807) is 24.3 Å². The van der Waals surface area contributed by atoms with E-state index in [0.29, 0.717) is 11.5 Å². The lowest BCUT2D eigenvalue weighted by atomic mass is 10.3. The van der Waals surface area contributed by atoms with Gasteiger partial charge < -0.3 is 9.47 Å². The second kappa shape index (κ2) is 8.39. The van der Waals surface area contributed by atoms with Crippen LogP contribution in [0.25, 0.3) is 0 Å². The Morgan fingerprint density at radius 1 is 1.08 bits per heavy atom. The summed E-state index contributed by atoms with van der Waals surface area (Å²) in [6.07, 6.45) is 0. The minimum atomic E-state index is -4.00. The zero-order valence-corrected chi connectivity index (χ0v) is 15.3. The van der Waals surface area contributed by atoms with Crippen molar-refractivity contribution in [1.29, 1.82) is 0 Å². The Balaban J connectivity index is 1.93. The maximum atomic E-state index is 12.1. The quantitative estimate of drug-likeness (QED) is 0.690. The third-order valence-electron chi connectivity index (χ3n) is 2.95. The second-order valence-electron chi connectivity index (χ2n) is 4.67. The van der Waals surface area contributed by atoms with Crippen LogP contribution in [0.2, 0.25) is 10.0 Å². The van der Waals surface area contributed by atoms with Crippen molar-refractivity contribution in [2.24, 2.45) is 0 Å². The molecular formula is C15H14Cl2N2O5S. The van der Waals surface area contributed by atoms with Gasteiger partial charge in [0.05, 0.1) is 22.1 Å². The predicted molar refractivity (Wildman–Crippen MR) is 93.4 cm³/mol. The molecule has 0 bridgehead atoms. The zero-order valence-electron chi connectivity index (χ0n) is 13.0. The number of para-hydroxylation sites is 2. The van der Waals surface area contributed by atoms with Crippen LogP contribution in [0.5, 0.6) is 11.5 Å². The number of hydrogen-bond acceptors (Lipinski definition) is 5. The minimum Gasteiger partial charge on any atom is -0.493 e. The van der Waals surface area contributed by atoms with Crippen LogP contribution < -0.4 is 19.7 Å². The maximum absolute atomic E-state index is 12.1. The number of hydrazine groups is 1. The van der Waals surface area contributed by atoms with Crippen molar-refractivity contribution < 1.29 is 22.7 Å². The average Bonchev–Trinajstić information content (AvgIpc) is 2.60. The molecule has 0 radical (unpaired) electrons. The van der Waals surface area contributed by atoms with E-state index in [1.165, 1.54) is 25.3 Å². The lowest BCUT2D eigenvalue weighted by Crippen LogP contribution is -2.43. The lowest BCUT2D eigenvalue weighted by molar-refractivity contribution is -0.123. The molecule has 0 saturated heterocycles. The molecule has 0 unspecified atom stereocenters. The normalized spacial score (nSPS) is 11.0. The van der Waals surface area contributed by atoms with Crippen molar-refractivity contribution in [2.75, 3.05) is 13.7 Å². The molecule has 134 valence electrons. The standard InChI is InChI=1S/C15H14Cl2N2O5S/c1-23-13-4-2-3-5-14(13)24-9-15(20)18-19-25(21,22)10-6-7-11(16)12(17)8-10/h2-8,19H,9H2,1H3,(H,18,20). The molecule has 1 amide bonds. The highest BCUT2D eigenvalue weighted by Crippen LogP contribution is 2.26. The molecule has 0 spiro atoms. The molecule has 0 fully saturated rings. The molecule has 10 heteroatoms. The average molecular weight is 405 g/mol. The Labute approximate surface area is 154 Å². The number of hydrogen-bond donors (Lipinski definition) is 2. The van der Waals surface area contributed by atoms with E-state index in [2.05, 4.69) is 0 Å². The molecule has 2 aromatic rings. The number of halogens is 2. The molecule has 0 heterocycles. The maximum Gasteiger partial charge on any atom is 0.272 e. The molecule has 7 nitrogen and oxygen atoms in total. The van der Waals surface area contributed by atoms with Gasteiger partial charge in [0.2, 0.25) is 0 Å². The zero-order chi connectivity index (χ0) is 18.4. The Morgan fingerprint density at radius 2 is 1.76 bits per heavy atom. The molecule has 0 atom stereocenters. The van der Waals surface area contributed by atoms with E-state index in [0.717, 1.165) is 0 Å². The summed E-state index contributed by atoms with van der Waals surface area (Å²) in [6, 6.07) is 10.5. The van der Waals surface area contributed by atoms with Crippen molar-refractivity contribution in [1.82, 2.24) is 10.3 Å². The van der Waals surface area contributed by atoms with Crippen LogP contribution in [0.3, 0.4) is 0 Å². The number of carbonyl (C=O) groups excluding carboxylic acids is 1. The third-order valence-corrected chi connectivity index (χ3v) is 4.94. The largest absolute Gasteiger partial charge is 0.493 e. The third kappa shape index (κ3) is 5.23. The SMILES string of the molecule is COc1ccccc1OCC(=O)NNS(=O)(=O)c1ccc(Cl)c(Cl)c1. The molecule has 0 saturated carbocycles. The van der Waals surface area contributed by atoms with Crippen molar-refractivity contribution in [2.45, 2.75) is 4.90 Å². The summed E-state index contributed by atoms with van der Waals surface area (Å²) in [5.41, 5.74) is 2.04. The molecule has 0 aromatic heterocycles. The van der Waals surface area contributed by atoms with E-state index in [1.807, 2.05) is 10.3 Å². The van der Waals surface area contributed by atoms with Gasteiger partial charge in [-0.3, -0.25) is 10.2 Å². The monoisotopic (exact) mass is 404 g/mol. The first-order valence-corrected chi connectivity index (χ1v) is 9.09. The van der Waals surface area contributed by atoms with Crippen LogP contribution in [-0.2, 0) is 14.8 Å². The van der Waals surface area contributed by atoms with Gasteiger partial charge >= 0.3 is 0 Å². The van der Waals surface area contributed by atoms with Gasteiger partial charge in [0.1, 0.15) is 0 Å². The fourth-order valence-electron chi connectivity index (χ4n) is 1.74. The van der Waals surface area contributed by atoms with Gasteiger partial charge in [-0.2, -0.15) is 0 Å². The van der Waals surface area contributed by atoms with E-state index in [9.17, 15) is 13.2 Å². The van der Waals surface area contributed by atoms with E-state index in [-0.39, 0.29) is 14.9 Å². The first-order chi connectivity index (χ1) is 11.8. The smallest absolute Gasteiger partial charge is 0.272 e. The van der Waals surface area contributed by atoms with Gasteiger partial charge in [0.25, 0.3) is 15.9 Å². The highest BCUT2D eigenvalue weighted by molar-refractivity contribution is 7.89. The molecule has 0 aliphatic heterocycles. The Kier molecular flexibility index (Phi) is 6.49. The Morgan fingerprint density at radius 3 is 2.40 bits per heavy atom. The molecule has 2 aromatic carbocycles. The highest BCUT2D eigenvalue weighted by Gasteiger charge is 2.17. The fraction of sp³-hybridized carbons (Fsp3) is 0.133. The number of ether oxygens (including phenoxy) is 2. The van der Waals surface area contributed by atoms with Crippen LogP contribution in [0.4, 0.5) is 0 Å². The number of carbonyl (C=O) groups is 1. The summed E-state index contributed by atoms with van der Waals surface area (Å²) in [6.45, 7) is -0.412. The Bertz CT molecular complexity index is 874. The van der Waals surface area contributed by atoms with Crippen LogP contribution in [-0.4, -0.2) is 28.0 Å². The number of benzene rings is 2. The second-order valence-corrected chi connectivity index (χ2v) is 7.17. The van der Waals surface area contributed by atoms with Crippen LogP contribution in [0.1, 0.15) is 0 Å². The molecule has 25 heavy (non-hydrogen) atoms. The predicted octanol–water partition coefficient (Wildman–Crippen LogP) is 2.39.